The van der Waals surface area contributed by atoms with Crippen LogP contribution in [0.25, 0.3) is 0 Å². The second-order valence-corrected chi connectivity index (χ2v) is 5.72. The molecule has 0 aliphatic heterocycles. The molecule has 0 fully saturated rings. The van der Waals surface area contributed by atoms with Crippen molar-refractivity contribution in [3.63, 3.8) is 0 Å². The monoisotopic (exact) mass is 356 g/mol. The standard InChI is InChI=1S/C13H10Cl2N4O2S/c14-9-4-8(12(21)10(15)5-9)6-18-19-11(20)7-22-13-16-2-1-3-17-13/h1-6,21H,7H2,(H,19,20)/b18-6-. The van der Waals surface area contributed by atoms with Gasteiger partial charge in [0.1, 0.15) is 5.75 Å². The van der Waals surface area contributed by atoms with Crippen LogP contribution in [0.15, 0.2) is 40.9 Å². The molecule has 0 aliphatic rings. The molecule has 0 unspecified atom stereocenters. The fourth-order valence-corrected chi connectivity index (χ4v) is 2.49. The number of amides is 1. The van der Waals surface area contributed by atoms with E-state index in [-0.39, 0.29) is 22.4 Å². The van der Waals surface area contributed by atoms with Crippen molar-refractivity contribution in [2.24, 2.45) is 5.10 Å². The number of hydrogen-bond donors (Lipinski definition) is 2. The molecule has 0 aliphatic carbocycles. The number of rotatable bonds is 5. The van der Waals surface area contributed by atoms with E-state index in [1.807, 2.05) is 0 Å². The number of benzene rings is 1. The van der Waals surface area contributed by atoms with Gasteiger partial charge in [-0.1, -0.05) is 35.0 Å². The highest BCUT2D eigenvalue weighted by atomic mass is 35.5. The third-order valence-electron chi connectivity index (χ3n) is 2.32. The number of phenolic OH excluding ortho intramolecular Hbond substituents is 1. The van der Waals surface area contributed by atoms with Gasteiger partial charge in [0, 0.05) is 23.0 Å². The summed E-state index contributed by atoms with van der Waals surface area (Å²) in [5.74, 6) is -0.374. The molecule has 2 N–H and O–H groups in total. The molecule has 0 bridgehead atoms. The minimum atomic E-state index is -0.332. The molecular formula is C13H10Cl2N4O2S. The Morgan fingerprint density at radius 2 is 2.09 bits per heavy atom. The number of nitrogens with one attached hydrogen (secondary N) is 1. The average molecular weight is 357 g/mol. The van der Waals surface area contributed by atoms with Crippen LogP contribution in [0, 0.1) is 0 Å². The Kier molecular flexibility index (Phi) is 6.00. The van der Waals surface area contributed by atoms with Crippen molar-refractivity contribution in [1.29, 1.82) is 0 Å². The van der Waals surface area contributed by atoms with Gasteiger partial charge in [-0.2, -0.15) is 5.10 Å². The fourth-order valence-electron chi connectivity index (χ4n) is 1.38. The molecular weight excluding hydrogens is 347 g/mol. The second-order valence-electron chi connectivity index (χ2n) is 3.94. The van der Waals surface area contributed by atoms with Gasteiger partial charge in [0.2, 0.25) is 0 Å². The summed E-state index contributed by atoms with van der Waals surface area (Å²) >= 11 is 12.8. The molecule has 0 radical (unpaired) electrons. The minimum absolute atomic E-state index is 0.108. The number of aromatic hydroxyl groups is 1. The topological polar surface area (TPSA) is 87.5 Å². The van der Waals surface area contributed by atoms with E-state index in [2.05, 4.69) is 20.5 Å². The zero-order valence-electron chi connectivity index (χ0n) is 11.0. The molecule has 6 nitrogen and oxygen atoms in total. The number of halogens is 2. The van der Waals surface area contributed by atoms with Crippen molar-refractivity contribution in [2.45, 2.75) is 5.16 Å². The Hall–Kier alpha value is -1.83. The first kappa shape index (κ1) is 16.5. The van der Waals surface area contributed by atoms with Gasteiger partial charge in [0.05, 0.1) is 17.0 Å². The van der Waals surface area contributed by atoms with Crippen LogP contribution in [0.5, 0.6) is 5.75 Å². The molecule has 1 heterocycles. The third-order valence-corrected chi connectivity index (χ3v) is 3.71. The van der Waals surface area contributed by atoms with Crippen LogP contribution < -0.4 is 5.43 Å². The van der Waals surface area contributed by atoms with E-state index < -0.39 is 0 Å². The highest BCUT2D eigenvalue weighted by Crippen LogP contribution is 2.29. The third kappa shape index (κ3) is 4.87. The average Bonchev–Trinajstić information content (AvgIpc) is 2.51. The predicted octanol–water partition coefficient (Wildman–Crippen LogP) is 2.73. The lowest BCUT2D eigenvalue weighted by atomic mass is 10.2. The van der Waals surface area contributed by atoms with Crippen molar-refractivity contribution in [3.05, 3.63) is 46.2 Å². The number of hydrogen-bond acceptors (Lipinski definition) is 6. The first-order chi connectivity index (χ1) is 10.6. The van der Waals surface area contributed by atoms with Crippen LogP contribution in [-0.4, -0.2) is 32.9 Å². The molecule has 2 rings (SSSR count). The lowest BCUT2D eigenvalue weighted by Crippen LogP contribution is -2.19. The maximum atomic E-state index is 11.6. The van der Waals surface area contributed by atoms with E-state index >= 15 is 0 Å². The van der Waals surface area contributed by atoms with Gasteiger partial charge in [0.25, 0.3) is 5.91 Å². The number of carbonyl (C=O) groups excluding carboxylic acids is 1. The molecule has 22 heavy (non-hydrogen) atoms. The van der Waals surface area contributed by atoms with E-state index in [0.29, 0.717) is 15.7 Å². The number of carbonyl (C=O) groups is 1. The number of thioether (sulfide) groups is 1. The highest BCUT2D eigenvalue weighted by molar-refractivity contribution is 7.99. The first-order valence-electron chi connectivity index (χ1n) is 5.96. The lowest BCUT2D eigenvalue weighted by Gasteiger charge is -2.02. The van der Waals surface area contributed by atoms with Crippen molar-refractivity contribution in [1.82, 2.24) is 15.4 Å². The maximum Gasteiger partial charge on any atom is 0.250 e. The molecule has 114 valence electrons. The van der Waals surface area contributed by atoms with Crippen molar-refractivity contribution in [2.75, 3.05) is 5.75 Å². The smallest absolute Gasteiger partial charge is 0.250 e. The quantitative estimate of drug-likeness (QED) is 0.372. The van der Waals surface area contributed by atoms with E-state index in [1.54, 1.807) is 18.5 Å². The minimum Gasteiger partial charge on any atom is -0.506 e. The lowest BCUT2D eigenvalue weighted by molar-refractivity contribution is -0.118. The Morgan fingerprint density at radius 3 is 2.82 bits per heavy atom. The Labute approximate surface area is 140 Å². The van der Waals surface area contributed by atoms with Crippen LogP contribution in [0.4, 0.5) is 0 Å². The van der Waals surface area contributed by atoms with Gasteiger partial charge in [-0.3, -0.25) is 4.79 Å². The molecule has 0 spiro atoms. The number of aromatic nitrogens is 2. The first-order valence-corrected chi connectivity index (χ1v) is 7.70. The molecule has 1 amide bonds. The van der Waals surface area contributed by atoms with Gasteiger partial charge in [-0.15, -0.1) is 0 Å². The largest absolute Gasteiger partial charge is 0.506 e. The zero-order valence-corrected chi connectivity index (χ0v) is 13.4. The summed E-state index contributed by atoms with van der Waals surface area (Å²) in [6.45, 7) is 0. The molecule has 9 heteroatoms. The molecule has 0 atom stereocenters. The Morgan fingerprint density at radius 1 is 1.36 bits per heavy atom. The summed E-state index contributed by atoms with van der Waals surface area (Å²) in [7, 11) is 0. The summed E-state index contributed by atoms with van der Waals surface area (Å²) in [5.41, 5.74) is 2.63. The molecule has 1 aromatic heterocycles. The normalized spacial score (nSPS) is 10.8. The van der Waals surface area contributed by atoms with Crippen molar-refractivity contribution < 1.29 is 9.90 Å². The number of hydrazone groups is 1. The second kappa shape index (κ2) is 7.98. The fraction of sp³-hybridized carbons (Fsp3) is 0.0769. The molecule has 1 aromatic carbocycles. The van der Waals surface area contributed by atoms with Crippen LogP contribution in [-0.2, 0) is 4.79 Å². The summed E-state index contributed by atoms with van der Waals surface area (Å²) in [5, 5.41) is 14.4. The van der Waals surface area contributed by atoms with Crippen LogP contribution in [0.1, 0.15) is 5.56 Å². The Balaban J connectivity index is 1.88. The van der Waals surface area contributed by atoms with E-state index in [0.717, 1.165) is 0 Å². The van der Waals surface area contributed by atoms with Gasteiger partial charge in [-0.25, -0.2) is 15.4 Å². The SMILES string of the molecule is O=C(CSc1ncccn1)N/N=C\c1cc(Cl)cc(Cl)c1O. The highest BCUT2D eigenvalue weighted by Gasteiger charge is 2.06. The van der Waals surface area contributed by atoms with E-state index in [9.17, 15) is 9.90 Å². The van der Waals surface area contributed by atoms with Crippen molar-refractivity contribution in [3.8, 4) is 5.75 Å². The Bertz CT molecular complexity index is 698. The van der Waals surface area contributed by atoms with Crippen LogP contribution in [0.3, 0.4) is 0 Å². The number of nitrogens with zero attached hydrogens (tertiary/aromatic N) is 3. The molecule has 2 aromatic rings. The van der Waals surface area contributed by atoms with Crippen LogP contribution in [0.2, 0.25) is 10.0 Å². The zero-order chi connectivity index (χ0) is 15.9. The van der Waals surface area contributed by atoms with Gasteiger partial charge in [0.15, 0.2) is 5.16 Å². The van der Waals surface area contributed by atoms with Gasteiger partial charge >= 0.3 is 0 Å². The summed E-state index contributed by atoms with van der Waals surface area (Å²) in [6.07, 6.45) is 4.45. The van der Waals surface area contributed by atoms with Gasteiger partial charge < -0.3 is 5.11 Å². The molecule has 0 saturated heterocycles. The summed E-state index contributed by atoms with van der Waals surface area (Å²) in [4.78, 5) is 19.6. The maximum absolute atomic E-state index is 11.6. The predicted molar refractivity (Wildman–Crippen MR) is 86.6 cm³/mol. The van der Waals surface area contributed by atoms with E-state index in [1.165, 1.54) is 30.1 Å². The molecule has 0 saturated carbocycles. The van der Waals surface area contributed by atoms with Gasteiger partial charge in [-0.05, 0) is 18.2 Å². The summed E-state index contributed by atoms with van der Waals surface area (Å²) in [6, 6.07) is 4.58. The van der Waals surface area contributed by atoms with Crippen molar-refractivity contribution >= 4 is 47.1 Å². The van der Waals surface area contributed by atoms with E-state index in [4.69, 9.17) is 23.2 Å². The summed E-state index contributed by atoms with van der Waals surface area (Å²) < 4.78 is 0. The number of phenols is 1. The van der Waals surface area contributed by atoms with Crippen LogP contribution >= 0.6 is 35.0 Å².